The summed E-state index contributed by atoms with van der Waals surface area (Å²) in [6, 6.07) is 16.7. The summed E-state index contributed by atoms with van der Waals surface area (Å²) in [6.07, 6.45) is 1.91. The topological polar surface area (TPSA) is 104 Å². The highest BCUT2D eigenvalue weighted by Crippen LogP contribution is 2.30. The van der Waals surface area contributed by atoms with E-state index in [9.17, 15) is 9.59 Å². The van der Waals surface area contributed by atoms with E-state index in [1.54, 1.807) is 18.1 Å². The molecule has 0 unspecified atom stereocenters. The van der Waals surface area contributed by atoms with Gasteiger partial charge in [-0.05, 0) is 55.3 Å². The number of methoxy groups -OCH3 is 1. The van der Waals surface area contributed by atoms with Gasteiger partial charge in [-0.2, -0.15) is 0 Å². The molecule has 0 bridgehead atoms. The predicted octanol–water partition coefficient (Wildman–Crippen LogP) is 3.31. The number of urea groups is 1. The molecule has 1 atom stereocenters. The van der Waals surface area contributed by atoms with E-state index in [1.807, 2.05) is 68.5 Å². The molecule has 176 valence electrons. The standard InChI is InChI=1S/C26H28N4O4/c1-17(12-20-10-8-18-6-4-5-7-23(18)28-20)26(2,29-25(33)27-16-31)15-30-14-19-9-11-21(34-3)13-22(19)24(30)32/h4-13,31H,14-16H2,1-3H3,(H2,27,29,33)/b17-12-/t26-/m0/s1. The van der Waals surface area contributed by atoms with Crippen molar-refractivity contribution >= 4 is 28.9 Å². The number of pyridine rings is 1. The summed E-state index contributed by atoms with van der Waals surface area (Å²) in [5, 5.41) is 15.4. The molecule has 0 radical (unpaired) electrons. The van der Waals surface area contributed by atoms with Gasteiger partial charge in [-0.3, -0.25) is 4.79 Å². The molecule has 0 saturated heterocycles. The van der Waals surface area contributed by atoms with Gasteiger partial charge in [-0.25, -0.2) is 9.78 Å². The lowest BCUT2D eigenvalue weighted by Gasteiger charge is -2.35. The Hall–Kier alpha value is -3.91. The molecule has 2 aromatic carbocycles. The number of carbonyl (C=O) groups excluding carboxylic acids is 2. The second-order valence-electron chi connectivity index (χ2n) is 8.56. The fourth-order valence-corrected chi connectivity index (χ4v) is 4.15. The van der Waals surface area contributed by atoms with Gasteiger partial charge >= 0.3 is 6.03 Å². The number of hydrogen-bond acceptors (Lipinski definition) is 5. The van der Waals surface area contributed by atoms with Crippen LogP contribution in [0.4, 0.5) is 4.79 Å². The maximum Gasteiger partial charge on any atom is 0.317 e. The van der Waals surface area contributed by atoms with Crippen molar-refractivity contribution in [1.82, 2.24) is 20.5 Å². The minimum Gasteiger partial charge on any atom is -0.497 e. The Bertz CT molecular complexity index is 1270. The highest BCUT2D eigenvalue weighted by Gasteiger charge is 2.36. The van der Waals surface area contributed by atoms with Gasteiger partial charge in [0.15, 0.2) is 0 Å². The Kier molecular flexibility index (Phi) is 6.51. The monoisotopic (exact) mass is 460 g/mol. The molecule has 0 aliphatic carbocycles. The average Bonchev–Trinajstić information content (AvgIpc) is 3.13. The van der Waals surface area contributed by atoms with Crippen molar-refractivity contribution in [3.63, 3.8) is 0 Å². The number of aliphatic hydroxyl groups is 1. The Balaban J connectivity index is 1.64. The number of hydrogen-bond donors (Lipinski definition) is 3. The number of aliphatic hydroxyl groups excluding tert-OH is 1. The minimum atomic E-state index is -0.922. The van der Waals surface area contributed by atoms with E-state index in [4.69, 9.17) is 14.8 Å². The zero-order chi connectivity index (χ0) is 24.3. The highest BCUT2D eigenvalue weighted by atomic mass is 16.5. The lowest BCUT2D eigenvalue weighted by molar-refractivity contribution is 0.0742. The zero-order valence-corrected chi connectivity index (χ0v) is 19.5. The smallest absolute Gasteiger partial charge is 0.317 e. The van der Waals surface area contributed by atoms with Crippen LogP contribution in [0.3, 0.4) is 0 Å². The van der Waals surface area contributed by atoms with Gasteiger partial charge < -0.3 is 25.4 Å². The largest absolute Gasteiger partial charge is 0.497 e. The summed E-state index contributed by atoms with van der Waals surface area (Å²) >= 11 is 0. The predicted molar refractivity (Wildman–Crippen MR) is 130 cm³/mol. The first-order valence-corrected chi connectivity index (χ1v) is 11.0. The molecule has 3 aromatic rings. The number of nitrogens with one attached hydrogen (secondary N) is 2. The fourth-order valence-electron chi connectivity index (χ4n) is 4.15. The number of nitrogens with zero attached hydrogens (tertiary/aromatic N) is 2. The Labute approximate surface area is 198 Å². The molecule has 1 aliphatic rings. The lowest BCUT2D eigenvalue weighted by Crippen LogP contribution is -2.57. The van der Waals surface area contributed by atoms with Gasteiger partial charge in [-0.1, -0.05) is 30.3 Å². The molecule has 0 saturated carbocycles. The molecular formula is C26H28N4O4. The van der Waals surface area contributed by atoms with Gasteiger partial charge in [-0.15, -0.1) is 0 Å². The van der Waals surface area contributed by atoms with Gasteiger partial charge in [0.05, 0.1) is 23.9 Å². The molecule has 8 heteroatoms. The summed E-state index contributed by atoms with van der Waals surface area (Å²) in [4.78, 5) is 32.0. The number of amides is 3. The van der Waals surface area contributed by atoms with Crippen molar-refractivity contribution in [3.8, 4) is 5.75 Å². The zero-order valence-electron chi connectivity index (χ0n) is 19.5. The number of carbonyl (C=O) groups is 2. The summed E-state index contributed by atoms with van der Waals surface area (Å²) in [7, 11) is 1.56. The molecule has 1 aliphatic heterocycles. The number of rotatable bonds is 7. The van der Waals surface area contributed by atoms with Crippen LogP contribution in [-0.2, 0) is 6.54 Å². The summed E-state index contributed by atoms with van der Waals surface area (Å²) in [6.45, 7) is 3.92. The average molecular weight is 461 g/mol. The van der Waals surface area contributed by atoms with Gasteiger partial charge in [0, 0.05) is 24.0 Å². The third-order valence-electron chi connectivity index (χ3n) is 6.19. The summed E-state index contributed by atoms with van der Waals surface area (Å²) < 4.78 is 5.26. The van der Waals surface area contributed by atoms with Crippen LogP contribution in [0.5, 0.6) is 5.75 Å². The molecule has 1 aromatic heterocycles. The van der Waals surface area contributed by atoms with Crippen molar-refractivity contribution in [2.24, 2.45) is 0 Å². The highest BCUT2D eigenvalue weighted by molar-refractivity contribution is 5.99. The third-order valence-corrected chi connectivity index (χ3v) is 6.19. The third kappa shape index (κ3) is 4.72. The molecule has 3 N–H and O–H groups in total. The lowest BCUT2D eigenvalue weighted by atomic mass is 9.91. The van der Waals surface area contributed by atoms with E-state index in [1.165, 1.54) is 0 Å². The van der Waals surface area contributed by atoms with Crippen molar-refractivity contribution in [2.75, 3.05) is 20.4 Å². The fraction of sp³-hybridized carbons (Fsp3) is 0.269. The van der Waals surface area contributed by atoms with Crippen LogP contribution in [0.15, 0.2) is 60.2 Å². The van der Waals surface area contributed by atoms with Gasteiger partial charge in [0.1, 0.15) is 12.5 Å². The molecule has 4 rings (SSSR count). The summed E-state index contributed by atoms with van der Waals surface area (Å²) in [5.74, 6) is 0.497. The van der Waals surface area contributed by atoms with Crippen LogP contribution >= 0.6 is 0 Å². The first-order chi connectivity index (χ1) is 16.3. The molecule has 8 nitrogen and oxygen atoms in total. The van der Waals surface area contributed by atoms with Crippen LogP contribution < -0.4 is 15.4 Å². The van der Waals surface area contributed by atoms with Gasteiger partial charge in [0.2, 0.25) is 0 Å². The first kappa shape index (κ1) is 23.3. The van der Waals surface area contributed by atoms with E-state index in [0.29, 0.717) is 17.9 Å². The molecule has 34 heavy (non-hydrogen) atoms. The van der Waals surface area contributed by atoms with E-state index in [2.05, 4.69) is 10.6 Å². The second-order valence-corrected chi connectivity index (χ2v) is 8.56. The van der Waals surface area contributed by atoms with Crippen LogP contribution in [0.1, 0.15) is 35.5 Å². The Morgan fingerprint density at radius 2 is 2.03 bits per heavy atom. The van der Waals surface area contributed by atoms with Crippen molar-refractivity contribution in [1.29, 1.82) is 0 Å². The number of ether oxygens (including phenoxy) is 1. The molecule has 2 heterocycles. The van der Waals surface area contributed by atoms with E-state index >= 15 is 0 Å². The first-order valence-electron chi connectivity index (χ1n) is 11.0. The van der Waals surface area contributed by atoms with Crippen LogP contribution in [0.25, 0.3) is 17.0 Å². The Morgan fingerprint density at radius 3 is 2.79 bits per heavy atom. The number of fused-ring (bicyclic) bond motifs is 2. The van der Waals surface area contributed by atoms with Gasteiger partial charge in [0.25, 0.3) is 5.91 Å². The molecule has 0 fully saturated rings. The van der Waals surface area contributed by atoms with Crippen LogP contribution in [0.2, 0.25) is 0 Å². The van der Waals surface area contributed by atoms with Crippen LogP contribution in [-0.4, -0.2) is 52.9 Å². The number of para-hydroxylation sites is 1. The maximum atomic E-state index is 13.2. The minimum absolute atomic E-state index is 0.124. The normalized spacial score (nSPS) is 15.1. The van der Waals surface area contributed by atoms with E-state index in [0.717, 1.165) is 27.7 Å². The van der Waals surface area contributed by atoms with E-state index in [-0.39, 0.29) is 12.5 Å². The van der Waals surface area contributed by atoms with Crippen molar-refractivity contribution in [3.05, 3.63) is 77.0 Å². The second kappa shape index (κ2) is 9.52. The molecule has 0 spiro atoms. The summed E-state index contributed by atoms with van der Waals surface area (Å²) in [5.41, 5.74) is 3.01. The molecule has 3 amide bonds. The maximum absolute atomic E-state index is 13.2. The van der Waals surface area contributed by atoms with Crippen LogP contribution in [0, 0.1) is 0 Å². The Morgan fingerprint density at radius 1 is 1.24 bits per heavy atom. The number of aromatic nitrogens is 1. The van der Waals surface area contributed by atoms with Crippen molar-refractivity contribution in [2.45, 2.75) is 25.9 Å². The number of benzene rings is 2. The quantitative estimate of drug-likeness (QED) is 0.470. The van der Waals surface area contributed by atoms with E-state index < -0.39 is 18.3 Å². The molecular weight excluding hydrogens is 432 g/mol. The van der Waals surface area contributed by atoms with Crippen molar-refractivity contribution < 1.29 is 19.4 Å². The SMILES string of the molecule is COc1ccc2c(c1)C(=O)N(C[C@](C)(NC(=O)NCO)/C(C)=C\c1ccc3ccccc3n1)C2.